The van der Waals surface area contributed by atoms with Crippen LogP contribution in [0, 0.1) is 5.41 Å². The number of nitrogens with one attached hydrogen (secondary N) is 1. The van der Waals surface area contributed by atoms with Crippen LogP contribution < -0.4 is 16.0 Å². The number of hydrogen-bond acceptors (Lipinski definition) is 4. The Morgan fingerprint density at radius 3 is 2.26 bits per heavy atom. The van der Waals surface area contributed by atoms with Crippen LogP contribution in [-0.2, 0) is 4.79 Å². The summed E-state index contributed by atoms with van der Waals surface area (Å²) in [5.41, 5.74) is 9.22. The number of rotatable bonds is 5. The summed E-state index contributed by atoms with van der Waals surface area (Å²) in [6.07, 6.45) is 0.720. The number of benzene rings is 3. The van der Waals surface area contributed by atoms with E-state index in [-0.39, 0.29) is 24.3 Å². The summed E-state index contributed by atoms with van der Waals surface area (Å²) >= 11 is 0. The first-order valence-electron chi connectivity index (χ1n) is 13.1. The molecule has 3 amide bonds. The maximum absolute atomic E-state index is 14.2. The zero-order valence-corrected chi connectivity index (χ0v) is 22.8. The van der Waals surface area contributed by atoms with Crippen LogP contribution in [-0.4, -0.2) is 40.7 Å². The second-order valence-corrected chi connectivity index (χ2v) is 11.7. The number of para-hydroxylation sites is 3. The van der Waals surface area contributed by atoms with Crippen molar-refractivity contribution >= 4 is 40.4 Å². The number of nitrogens with two attached hydrogens (primary N) is 1. The third-order valence-electron chi connectivity index (χ3n) is 7.80. The molecule has 39 heavy (non-hydrogen) atoms. The van der Waals surface area contributed by atoms with Crippen LogP contribution in [0.2, 0.25) is 0 Å². The summed E-state index contributed by atoms with van der Waals surface area (Å²) in [4.78, 5) is 44.2. The molecule has 3 aromatic carbocycles. The molecule has 2 heterocycles. The smallest absolute Gasteiger partial charge is 0.257 e. The summed E-state index contributed by atoms with van der Waals surface area (Å²) in [6.45, 7) is 12.7. The molecule has 0 radical (unpaired) electrons. The molecule has 1 saturated heterocycles. The lowest BCUT2D eigenvalue weighted by molar-refractivity contribution is -0.124. The van der Waals surface area contributed by atoms with E-state index in [1.54, 1.807) is 46.2 Å². The van der Waals surface area contributed by atoms with Gasteiger partial charge in [-0.25, -0.2) is 0 Å². The second kappa shape index (κ2) is 9.42. The fraction of sp³-hybridized carbons (Fsp3) is 0.281. The molecule has 7 nitrogen and oxygen atoms in total. The van der Waals surface area contributed by atoms with Crippen molar-refractivity contribution in [2.75, 3.05) is 22.5 Å². The van der Waals surface area contributed by atoms with Gasteiger partial charge >= 0.3 is 0 Å². The van der Waals surface area contributed by atoms with Crippen LogP contribution in [0.25, 0.3) is 5.57 Å². The quantitative estimate of drug-likeness (QED) is 0.427. The first-order valence-corrected chi connectivity index (χ1v) is 13.1. The molecular formula is C32H34N4O3. The Morgan fingerprint density at radius 1 is 0.949 bits per heavy atom. The van der Waals surface area contributed by atoms with Crippen molar-refractivity contribution in [1.82, 2.24) is 4.90 Å². The topological polar surface area (TPSA) is 95.7 Å². The summed E-state index contributed by atoms with van der Waals surface area (Å²) in [5.74, 6) is -0.505. The Hall–Kier alpha value is -4.39. The van der Waals surface area contributed by atoms with E-state index in [0.29, 0.717) is 33.8 Å². The van der Waals surface area contributed by atoms with Gasteiger partial charge in [-0.2, -0.15) is 0 Å². The van der Waals surface area contributed by atoms with Crippen molar-refractivity contribution in [3.63, 3.8) is 0 Å². The van der Waals surface area contributed by atoms with Gasteiger partial charge in [0.2, 0.25) is 0 Å². The van der Waals surface area contributed by atoms with Crippen LogP contribution in [0.4, 0.5) is 17.1 Å². The van der Waals surface area contributed by atoms with Gasteiger partial charge in [0, 0.05) is 11.1 Å². The number of nitrogens with zero attached hydrogens (tertiary/aromatic N) is 2. The highest BCUT2D eigenvalue weighted by Gasteiger charge is 2.58. The number of carbonyl (C=O) groups is 3. The molecule has 3 aromatic rings. The Bertz CT molecular complexity index is 1490. The van der Waals surface area contributed by atoms with E-state index >= 15 is 0 Å². The number of carbonyl (C=O) groups excluding carboxylic acids is 3. The van der Waals surface area contributed by atoms with E-state index in [1.807, 2.05) is 50.2 Å². The molecule has 1 fully saturated rings. The molecule has 0 aromatic heterocycles. The summed E-state index contributed by atoms with van der Waals surface area (Å²) in [6, 6.07) is 20.9. The van der Waals surface area contributed by atoms with E-state index in [9.17, 15) is 14.4 Å². The van der Waals surface area contributed by atoms with E-state index in [0.717, 1.165) is 12.0 Å². The van der Waals surface area contributed by atoms with Gasteiger partial charge < -0.3 is 20.9 Å². The Morgan fingerprint density at radius 2 is 1.56 bits per heavy atom. The minimum atomic E-state index is -0.586. The highest BCUT2D eigenvalue weighted by molar-refractivity contribution is 6.12. The molecule has 5 rings (SSSR count). The standard InChI is InChI=1S/C32H34N4O3/c1-20(21-14-16-22(17-15-21)28(37)34-25-12-8-7-11-24(25)33)18-35-26-13-9-6-10-23(26)29(38)36-27(30(35)39)31(2,3)19-32(36,4)5/h6-17,27H,1,18-19,33H2,2-5H3,(H,34,37)/t27-/m1/s1. The SMILES string of the molecule is C=C(CN1C(=O)[C@H]2N(C(=O)c3ccccc31)C(C)(C)CC2(C)C)c1ccc(C(=O)Nc2ccccc2N)cc1. The second-order valence-electron chi connectivity index (χ2n) is 11.7. The highest BCUT2D eigenvalue weighted by Crippen LogP contribution is 2.49. The fourth-order valence-corrected chi connectivity index (χ4v) is 6.23. The van der Waals surface area contributed by atoms with E-state index in [2.05, 4.69) is 25.7 Å². The van der Waals surface area contributed by atoms with Gasteiger partial charge in [0.05, 0.1) is 29.2 Å². The Labute approximate surface area is 229 Å². The Balaban J connectivity index is 1.42. The van der Waals surface area contributed by atoms with Crippen molar-refractivity contribution < 1.29 is 14.4 Å². The van der Waals surface area contributed by atoms with Gasteiger partial charge in [-0.05, 0) is 73.2 Å². The molecule has 0 saturated carbocycles. The lowest BCUT2D eigenvalue weighted by Crippen LogP contribution is -2.54. The van der Waals surface area contributed by atoms with Crippen LogP contribution in [0.1, 0.15) is 60.4 Å². The average molecular weight is 523 g/mol. The monoisotopic (exact) mass is 522 g/mol. The summed E-state index contributed by atoms with van der Waals surface area (Å²) < 4.78 is 0. The average Bonchev–Trinajstić information content (AvgIpc) is 3.04. The van der Waals surface area contributed by atoms with Gasteiger partial charge in [0.15, 0.2) is 0 Å². The van der Waals surface area contributed by atoms with Crippen molar-refractivity contribution in [2.24, 2.45) is 5.41 Å². The zero-order chi connectivity index (χ0) is 28.1. The van der Waals surface area contributed by atoms with Crippen molar-refractivity contribution in [1.29, 1.82) is 0 Å². The minimum Gasteiger partial charge on any atom is -0.397 e. The summed E-state index contributed by atoms with van der Waals surface area (Å²) in [5, 5.41) is 2.83. The largest absolute Gasteiger partial charge is 0.397 e. The molecule has 0 spiro atoms. The van der Waals surface area contributed by atoms with Crippen LogP contribution in [0.3, 0.4) is 0 Å². The molecule has 2 aliphatic rings. The Kier molecular flexibility index (Phi) is 6.33. The number of fused-ring (bicyclic) bond motifs is 2. The van der Waals surface area contributed by atoms with Crippen molar-refractivity contribution in [3.05, 3.63) is 96.1 Å². The molecule has 7 heteroatoms. The highest BCUT2D eigenvalue weighted by atomic mass is 16.2. The van der Waals surface area contributed by atoms with Gasteiger partial charge in [-0.15, -0.1) is 0 Å². The number of amides is 3. The van der Waals surface area contributed by atoms with Crippen molar-refractivity contribution in [2.45, 2.75) is 45.7 Å². The molecule has 0 unspecified atom stereocenters. The number of nitrogen functional groups attached to an aromatic ring is 1. The molecule has 200 valence electrons. The third kappa shape index (κ3) is 4.58. The predicted octanol–water partition coefficient (Wildman–Crippen LogP) is 5.60. The molecule has 3 N–H and O–H groups in total. The van der Waals surface area contributed by atoms with Gasteiger partial charge in [-0.1, -0.05) is 56.8 Å². The molecule has 0 aliphatic carbocycles. The normalized spacial score (nSPS) is 19.2. The summed E-state index contributed by atoms with van der Waals surface area (Å²) in [7, 11) is 0. The van der Waals surface area contributed by atoms with E-state index in [4.69, 9.17) is 5.73 Å². The lowest BCUT2D eigenvalue weighted by atomic mass is 9.80. The predicted molar refractivity (Wildman–Crippen MR) is 156 cm³/mol. The molecule has 1 atom stereocenters. The van der Waals surface area contributed by atoms with Gasteiger partial charge in [0.1, 0.15) is 6.04 Å². The molecular weight excluding hydrogens is 488 g/mol. The van der Waals surface area contributed by atoms with Gasteiger partial charge in [-0.3, -0.25) is 14.4 Å². The van der Waals surface area contributed by atoms with E-state index < -0.39 is 17.0 Å². The fourth-order valence-electron chi connectivity index (χ4n) is 6.23. The molecule has 0 bridgehead atoms. The van der Waals surface area contributed by atoms with E-state index in [1.165, 1.54) is 0 Å². The molecule has 2 aliphatic heterocycles. The van der Waals surface area contributed by atoms with Gasteiger partial charge in [0.25, 0.3) is 17.7 Å². The minimum absolute atomic E-state index is 0.110. The van der Waals surface area contributed by atoms with Crippen LogP contribution >= 0.6 is 0 Å². The number of anilines is 3. The van der Waals surface area contributed by atoms with Crippen molar-refractivity contribution in [3.8, 4) is 0 Å². The number of hydrogen-bond donors (Lipinski definition) is 2. The third-order valence-corrected chi connectivity index (χ3v) is 7.80. The lowest BCUT2D eigenvalue weighted by Gasteiger charge is -2.36. The maximum atomic E-state index is 14.2. The zero-order valence-electron chi connectivity index (χ0n) is 22.8. The van der Waals surface area contributed by atoms with Crippen LogP contribution in [0.5, 0.6) is 0 Å². The maximum Gasteiger partial charge on any atom is 0.257 e. The first-order chi connectivity index (χ1) is 18.4. The first kappa shape index (κ1) is 26.2. The van der Waals surface area contributed by atoms with Crippen LogP contribution in [0.15, 0.2) is 79.4 Å².